The molecule has 1 saturated heterocycles. The summed E-state index contributed by atoms with van der Waals surface area (Å²) < 4.78 is 1.95. The Hall–Kier alpha value is -3.56. The van der Waals surface area contributed by atoms with Crippen LogP contribution in [0.1, 0.15) is 12.0 Å². The van der Waals surface area contributed by atoms with Gasteiger partial charge in [-0.1, -0.05) is 35.3 Å². The highest BCUT2D eigenvalue weighted by molar-refractivity contribution is 6.38. The number of halogens is 2. The molecule has 3 aromatic heterocycles. The van der Waals surface area contributed by atoms with Crippen molar-refractivity contribution in [2.24, 2.45) is 0 Å². The highest BCUT2D eigenvalue weighted by Crippen LogP contribution is 2.35. The fourth-order valence-electron chi connectivity index (χ4n) is 5.34. The van der Waals surface area contributed by atoms with Crippen molar-refractivity contribution in [2.45, 2.75) is 12.8 Å². The smallest absolute Gasteiger partial charge is 0.242 e. The normalized spacial score (nSPS) is 15.6. The van der Waals surface area contributed by atoms with Crippen LogP contribution in [-0.2, 0) is 11.2 Å². The van der Waals surface area contributed by atoms with Crippen molar-refractivity contribution in [3.63, 3.8) is 0 Å². The molecule has 196 valence electrons. The zero-order valence-electron chi connectivity index (χ0n) is 21.1. The first kappa shape index (κ1) is 24.8. The van der Waals surface area contributed by atoms with Crippen molar-refractivity contribution in [1.29, 1.82) is 0 Å². The van der Waals surface area contributed by atoms with Gasteiger partial charge in [-0.05, 0) is 24.5 Å². The van der Waals surface area contributed by atoms with E-state index in [4.69, 9.17) is 28.2 Å². The lowest BCUT2D eigenvalue weighted by molar-refractivity contribution is -0.129. The van der Waals surface area contributed by atoms with Gasteiger partial charge in [0, 0.05) is 75.8 Å². The maximum atomic E-state index is 13.2. The number of aromatic nitrogens is 4. The number of amides is 1. The third-order valence-corrected chi connectivity index (χ3v) is 7.88. The van der Waals surface area contributed by atoms with Crippen molar-refractivity contribution in [3.05, 3.63) is 64.8 Å². The number of rotatable bonds is 5. The van der Waals surface area contributed by atoms with E-state index in [-0.39, 0.29) is 12.5 Å². The summed E-state index contributed by atoms with van der Waals surface area (Å²) in [5.74, 6) is 0.805. The number of nitrogens with zero attached hydrogens (tertiary/aromatic N) is 7. The number of hydrogen-bond donors (Lipinski definition) is 1. The molecule has 0 aliphatic carbocycles. The molecule has 1 N–H and O–H groups in total. The van der Waals surface area contributed by atoms with Crippen molar-refractivity contribution >= 4 is 51.9 Å². The molecule has 0 radical (unpaired) electrons. The number of nitrogens with one attached hydrogen (secondary N) is 1. The van der Waals surface area contributed by atoms with Gasteiger partial charge >= 0.3 is 0 Å². The minimum atomic E-state index is 0.0247. The monoisotopic (exact) mass is 550 g/mol. The number of hydrogen-bond acceptors (Lipinski definition) is 7. The number of piperazine rings is 1. The number of anilines is 3. The second-order valence-corrected chi connectivity index (χ2v) is 10.5. The van der Waals surface area contributed by atoms with Crippen LogP contribution in [0.2, 0.25) is 10.0 Å². The maximum Gasteiger partial charge on any atom is 0.242 e. The SMILES string of the molecule is CN1CCCc2ccc(-c3nc4cnccn4c3NCC(=O)N3CCN(c4c(Cl)cncc4Cl)CC3)cc21. The van der Waals surface area contributed by atoms with Crippen molar-refractivity contribution in [1.82, 2.24) is 24.3 Å². The summed E-state index contributed by atoms with van der Waals surface area (Å²) in [4.78, 5) is 32.6. The Morgan fingerprint density at radius 3 is 2.61 bits per heavy atom. The van der Waals surface area contributed by atoms with Gasteiger partial charge in [0.1, 0.15) is 11.5 Å². The van der Waals surface area contributed by atoms with E-state index in [0.29, 0.717) is 36.2 Å². The second-order valence-electron chi connectivity index (χ2n) is 9.66. The van der Waals surface area contributed by atoms with E-state index >= 15 is 0 Å². The predicted octanol–water partition coefficient (Wildman–Crippen LogP) is 4.24. The molecule has 1 aromatic carbocycles. The van der Waals surface area contributed by atoms with Crippen LogP contribution in [-0.4, -0.2) is 76.5 Å². The van der Waals surface area contributed by atoms with Crippen LogP contribution in [0.25, 0.3) is 16.9 Å². The first-order valence-corrected chi connectivity index (χ1v) is 13.5. The van der Waals surface area contributed by atoms with Gasteiger partial charge in [0.25, 0.3) is 0 Å². The third kappa shape index (κ3) is 4.61. The number of carbonyl (C=O) groups is 1. The van der Waals surface area contributed by atoms with Crippen molar-refractivity contribution in [3.8, 4) is 11.3 Å². The molecule has 9 nitrogen and oxygen atoms in total. The van der Waals surface area contributed by atoms with Crippen LogP contribution in [0.15, 0.2) is 49.2 Å². The van der Waals surface area contributed by atoms with Gasteiger partial charge in [-0.2, -0.15) is 0 Å². The van der Waals surface area contributed by atoms with Gasteiger partial charge in [-0.3, -0.25) is 19.2 Å². The summed E-state index contributed by atoms with van der Waals surface area (Å²) in [6.07, 6.45) is 10.7. The quantitative estimate of drug-likeness (QED) is 0.398. The van der Waals surface area contributed by atoms with E-state index < -0.39 is 0 Å². The molecule has 38 heavy (non-hydrogen) atoms. The first-order valence-electron chi connectivity index (χ1n) is 12.7. The second kappa shape index (κ2) is 10.3. The molecule has 6 rings (SSSR count). The lowest BCUT2D eigenvalue weighted by atomic mass is 9.99. The molecule has 11 heteroatoms. The zero-order chi connectivity index (χ0) is 26.2. The van der Waals surface area contributed by atoms with E-state index in [1.807, 2.05) is 15.5 Å². The maximum absolute atomic E-state index is 13.2. The number of benzene rings is 1. The summed E-state index contributed by atoms with van der Waals surface area (Å²) in [6, 6.07) is 6.51. The minimum Gasteiger partial charge on any atom is -0.374 e. The number of aryl methyl sites for hydroxylation is 1. The molecule has 0 bridgehead atoms. The minimum absolute atomic E-state index is 0.0247. The van der Waals surface area contributed by atoms with Gasteiger partial charge in [0.05, 0.1) is 28.5 Å². The summed E-state index contributed by atoms with van der Waals surface area (Å²) in [6.45, 7) is 3.64. The molecule has 1 fully saturated rings. The number of fused-ring (bicyclic) bond motifs is 2. The average Bonchev–Trinajstić information content (AvgIpc) is 3.31. The zero-order valence-corrected chi connectivity index (χ0v) is 22.6. The van der Waals surface area contributed by atoms with Gasteiger partial charge in [0.2, 0.25) is 5.91 Å². The Balaban J connectivity index is 1.19. The van der Waals surface area contributed by atoms with Crippen molar-refractivity contribution < 1.29 is 4.79 Å². The highest BCUT2D eigenvalue weighted by atomic mass is 35.5. The average molecular weight is 551 g/mol. The Bertz CT molecular complexity index is 1480. The summed E-state index contributed by atoms with van der Waals surface area (Å²) >= 11 is 12.7. The van der Waals surface area contributed by atoms with Crippen LogP contribution in [0.3, 0.4) is 0 Å². The van der Waals surface area contributed by atoms with Crippen LogP contribution in [0.4, 0.5) is 17.2 Å². The molecule has 1 amide bonds. The van der Waals surface area contributed by atoms with Gasteiger partial charge in [0.15, 0.2) is 5.65 Å². The van der Waals surface area contributed by atoms with E-state index in [1.54, 1.807) is 24.8 Å². The van der Waals surface area contributed by atoms with E-state index in [9.17, 15) is 4.79 Å². The molecular weight excluding hydrogens is 523 g/mol. The van der Waals surface area contributed by atoms with E-state index in [2.05, 4.69) is 50.3 Å². The molecule has 0 unspecified atom stereocenters. The molecule has 5 heterocycles. The molecule has 2 aliphatic rings. The topological polar surface area (TPSA) is 81.9 Å². The predicted molar refractivity (Wildman–Crippen MR) is 152 cm³/mol. The van der Waals surface area contributed by atoms with Crippen LogP contribution >= 0.6 is 23.2 Å². The number of imidazole rings is 1. The lowest BCUT2D eigenvalue weighted by Crippen LogP contribution is -2.50. The first-order chi connectivity index (χ1) is 18.5. The molecule has 4 aromatic rings. The molecule has 0 saturated carbocycles. The Labute approximate surface area is 231 Å². The standard InChI is InChI=1S/C27H28Cl2N8O/c1-34-7-2-3-18-4-5-19(13-22(18)34)25-27(37-8-6-30-16-23(37)33-25)32-17-24(38)35-9-11-36(12-10-35)26-20(28)14-31-15-21(26)29/h4-6,8,13-16,32H,2-3,7,9-12,17H2,1H3. The van der Waals surface area contributed by atoms with E-state index in [0.717, 1.165) is 47.8 Å². The summed E-state index contributed by atoms with van der Waals surface area (Å²) in [5, 5.41) is 4.42. The van der Waals surface area contributed by atoms with Crippen molar-refractivity contribution in [2.75, 3.05) is 61.4 Å². The third-order valence-electron chi connectivity index (χ3n) is 7.32. The van der Waals surface area contributed by atoms with Gasteiger partial charge < -0.3 is 20.0 Å². The molecule has 2 aliphatic heterocycles. The summed E-state index contributed by atoms with van der Waals surface area (Å²) in [7, 11) is 2.13. The molecular formula is C27H28Cl2N8O. The summed E-state index contributed by atoms with van der Waals surface area (Å²) in [5.41, 5.74) is 5.90. The Morgan fingerprint density at radius 1 is 1.03 bits per heavy atom. The lowest BCUT2D eigenvalue weighted by Gasteiger charge is -2.36. The van der Waals surface area contributed by atoms with E-state index in [1.165, 1.54) is 11.3 Å². The van der Waals surface area contributed by atoms with Gasteiger partial charge in [-0.25, -0.2) is 4.98 Å². The van der Waals surface area contributed by atoms with Gasteiger partial charge in [-0.15, -0.1) is 0 Å². The number of pyridine rings is 1. The fourth-order valence-corrected chi connectivity index (χ4v) is 5.94. The van der Waals surface area contributed by atoms with Crippen LogP contribution in [0, 0.1) is 0 Å². The highest BCUT2D eigenvalue weighted by Gasteiger charge is 2.25. The number of carbonyl (C=O) groups excluding carboxylic acids is 1. The largest absolute Gasteiger partial charge is 0.374 e. The molecule has 0 spiro atoms. The Morgan fingerprint density at radius 2 is 1.82 bits per heavy atom. The van der Waals surface area contributed by atoms with Crippen LogP contribution in [0.5, 0.6) is 0 Å². The molecule has 0 atom stereocenters. The fraction of sp³-hybridized carbons (Fsp3) is 0.333. The van der Waals surface area contributed by atoms with Crippen LogP contribution < -0.4 is 15.1 Å². The Kier molecular flexibility index (Phi) is 6.71.